The number of nitrogens with zero attached hydrogens (tertiary/aromatic N) is 1. The van der Waals surface area contributed by atoms with E-state index in [1.165, 1.54) is 30.3 Å². The van der Waals surface area contributed by atoms with Crippen LogP contribution in [-0.4, -0.2) is 9.67 Å². The first-order valence-electron chi connectivity index (χ1n) is 5.71. The average molecular weight is 290 g/mol. The molecule has 0 aliphatic heterocycles. The molecule has 0 fully saturated rings. The van der Waals surface area contributed by atoms with E-state index in [0.29, 0.717) is 10.7 Å². The number of hydrogen-bond acceptors (Lipinski definition) is 4. The molecule has 1 aromatic heterocycles. The van der Waals surface area contributed by atoms with Gasteiger partial charge in [-0.3, -0.25) is 4.79 Å². The molecule has 0 radical (unpaired) electrons. The fourth-order valence-electron chi connectivity index (χ4n) is 1.93. The van der Waals surface area contributed by atoms with Crippen LogP contribution < -0.4 is 11.3 Å². The molecule has 0 saturated carbocycles. The van der Waals surface area contributed by atoms with Crippen molar-refractivity contribution in [2.75, 3.05) is 0 Å². The second-order valence-corrected chi connectivity index (χ2v) is 4.60. The number of aromatic nitrogens is 1. The van der Waals surface area contributed by atoms with Crippen molar-refractivity contribution in [1.82, 2.24) is 4.57 Å². The zero-order valence-electron chi connectivity index (χ0n) is 10.0. The lowest BCUT2D eigenvalue weighted by Gasteiger charge is -2.05. The number of benzene rings is 2. The molecule has 0 bridgehead atoms. The molecule has 6 heteroatoms. The summed E-state index contributed by atoms with van der Waals surface area (Å²) in [6.07, 6.45) is 0. The molecule has 0 unspecified atom stereocenters. The molecular formula is C14H8ClNO4. The van der Waals surface area contributed by atoms with E-state index in [1.54, 1.807) is 12.1 Å². The van der Waals surface area contributed by atoms with Crippen molar-refractivity contribution < 1.29 is 9.52 Å². The lowest BCUT2D eigenvalue weighted by Crippen LogP contribution is -2.30. The second-order valence-electron chi connectivity index (χ2n) is 4.17. The van der Waals surface area contributed by atoms with Crippen LogP contribution in [0.1, 0.15) is 0 Å². The average Bonchev–Trinajstić information content (AvgIpc) is 2.42. The summed E-state index contributed by atoms with van der Waals surface area (Å²) in [5, 5.41) is 10.1. The van der Waals surface area contributed by atoms with Gasteiger partial charge in [-0.25, -0.2) is 9.36 Å². The summed E-state index contributed by atoms with van der Waals surface area (Å²) >= 11 is 5.77. The van der Waals surface area contributed by atoms with E-state index in [9.17, 15) is 14.7 Å². The Balaban J connectivity index is 2.39. The zero-order chi connectivity index (χ0) is 14.3. The molecule has 0 saturated heterocycles. The first kappa shape index (κ1) is 12.5. The maximum Gasteiger partial charge on any atom is 0.426 e. The molecule has 1 N–H and O–H groups in total. The van der Waals surface area contributed by atoms with Crippen LogP contribution in [-0.2, 0) is 0 Å². The van der Waals surface area contributed by atoms with Crippen LogP contribution >= 0.6 is 11.6 Å². The molecule has 20 heavy (non-hydrogen) atoms. The Kier molecular flexibility index (Phi) is 2.84. The van der Waals surface area contributed by atoms with Crippen molar-refractivity contribution >= 4 is 22.6 Å². The van der Waals surface area contributed by atoms with Crippen molar-refractivity contribution in [3.8, 4) is 11.4 Å². The van der Waals surface area contributed by atoms with Gasteiger partial charge in [-0.1, -0.05) is 11.6 Å². The number of halogens is 1. The lowest BCUT2D eigenvalue weighted by atomic mass is 10.2. The number of fused-ring (bicyclic) bond motifs is 1. The minimum Gasteiger partial charge on any atom is -0.508 e. The summed E-state index contributed by atoms with van der Waals surface area (Å²) in [6.45, 7) is 0. The molecule has 3 aromatic rings. The fourth-order valence-corrected chi connectivity index (χ4v) is 2.06. The third-order valence-corrected chi connectivity index (χ3v) is 3.11. The van der Waals surface area contributed by atoms with E-state index < -0.39 is 11.3 Å². The molecule has 5 nitrogen and oxygen atoms in total. The summed E-state index contributed by atoms with van der Waals surface area (Å²) in [7, 11) is 0. The van der Waals surface area contributed by atoms with Crippen molar-refractivity contribution in [2.24, 2.45) is 0 Å². The number of phenolic OH excluding ortho intramolecular Hbond substituents is 1. The fraction of sp³-hybridized carbons (Fsp3) is 0. The summed E-state index contributed by atoms with van der Waals surface area (Å²) < 4.78 is 5.96. The minimum atomic E-state index is -0.796. The Morgan fingerprint density at radius 1 is 1.05 bits per heavy atom. The van der Waals surface area contributed by atoms with E-state index >= 15 is 0 Å². The standard InChI is InChI=1S/C14H8ClNO4/c15-8-1-3-9(4-2-8)16-13(18)11-7-10(17)5-6-12(11)20-14(16)19/h1-7,17H. The van der Waals surface area contributed by atoms with Gasteiger partial charge < -0.3 is 9.52 Å². The molecule has 0 amide bonds. The van der Waals surface area contributed by atoms with Gasteiger partial charge in [-0.2, -0.15) is 0 Å². The van der Waals surface area contributed by atoms with Gasteiger partial charge in [-0.15, -0.1) is 0 Å². The molecule has 0 aliphatic rings. The van der Waals surface area contributed by atoms with Crippen molar-refractivity contribution in [2.45, 2.75) is 0 Å². The predicted octanol–water partition coefficient (Wildman–Crippen LogP) is 2.30. The highest BCUT2D eigenvalue weighted by atomic mass is 35.5. The van der Waals surface area contributed by atoms with E-state index in [1.807, 2.05) is 0 Å². The molecule has 3 rings (SSSR count). The molecule has 0 aliphatic carbocycles. The minimum absolute atomic E-state index is 0.0777. The molecule has 0 spiro atoms. The van der Waals surface area contributed by atoms with Crippen molar-refractivity contribution in [3.63, 3.8) is 0 Å². The van der Waals surface area contributed by atoms with Gasteiger partial charge in [0.2, 0.25) is 0 Å². The lowest BCUT2D eigenvalue weighted by molar-refractivity contribution is 0.472. The SMILES string of the molecule is O=c1oc2ccc(O)cc2c(=O)n1-c1ccc(Cl)cc1. The highest BCUT2D eigenvalue weighted by Crippen LogP contribution is 2.16. The summed E-state index contributed by atoms with van der Waals surface area (Å²) in [5.41, 5.74) is -0.0871. The van der Waals surface area contributed by atoms with Crippen LogP contribution in [0.2, 0.25) is 5.02 Å². The third-order valence-electron chi connectivity index (χ3n) is 2.86. The highest BCUT2D eigenvalue weighted by Gasteiger charge is 2.11. The van der Waals surface area contributed by atoms with Gasteiger partial charge >= 0.3 is 5.76 Å². The number of rotatable bonds is 1. The van der Waals surface area contributed by atoms with E-state index in [0.717, 1.165) is 4.57 Å². The molecule has 100 valence electrons. The highest BCUT2D eigenvalue weighted by molar-refractivity contribution is 6.30. The van der Waals surface area contributed by atoms with Gasteiger partial charge in [0.15, 0.2) is 0 Å². The Bertz CT molecular complexity index is 909. The summed E-state index contributed by atoms with van der Waals surface area (Å²) in [5.74, 6) is -0.874. The van der Waals surface area contributed by atoms with Gasteiger partial charge in [-0.05, 0) is 42.5 Å². The van der Waals surface area contributed by atoms with Gasteiger partial charge in [0.25, 0.3) is 5.56 Å². The molecule has 0 atom stereocenters. The molecular weight excluding hydrogens is 282 g/mol. The van der Waals surface area contributed by atoms with Crippen molar-refractivity contribution in [3.05, 3.63) is 68.4 Å². The largest absolute Gasteiger partial charge is 0.508 e. The summed E-state index contributed by atoms with van der Waals surface area (Å²) in [6, 6.07) is 10.2. The third kappa shape index (κ3) is 1.98. The molecule has 1 heterocycles. The van der Waals surface area contributed by atoms with Crippen LogP contribution in [0.3, 0.4) is 0 Å². The molecule has 2 aromatic carbocycles. The van der Waals surface area contributed by atoms with Gasteiger partial charge in [0.05, 0.1) is 11.1 Å². The quantitative estimate of drug-likeness (QED) is 0.746. The van der Waals surface area contributed by atoms with Gasteiger partial charge in [0, 0.05) is 5.02 Å². The van der Waals surface area contributed by atoms with Crippen LogP contribution in [0.5, 0.6) is 5.75 Å². The van der Waals surface area contributed by atoms with Crippen LogP contribution in [0.15, 0.2) is 56.5 Å². The Morgan fingerprint density at radius 3 is 2.45 bits per heavy atom. The van der Waals surface area contributed by atoms with Crippen LogP contribution in [0.4, 0.5) is 0 Å². The maximum absolute atomic E-state index is 12.3. The van der Waals surface area contributed by atoms with E-state index in [4.69, 9.17) is 16.0 Å². The Morgan fingerprint density at radius 2 is 1.75 bits per heavy atom. The summed E-state index contributed by atoms with van der Waals surface area (Å²) in [4.78, 5) is 24.3. The van der Waals surface area contributed by atoms with Gasteiger partial charge in [0.1, 0.15) is 11.3 Å². The van der Waals surface area contributed by atoms with E-state index in [2.05, 4.69) is 0 Å². The zero-order valence-corrected chi connectivity index (χ0v) is 10.8. The van der Waals surface area contributed by atoms with Crippen LogP contribution in [0, 0.1) is 0 Å². The monoisotopic (exact) mass is 289 g/mol. The Labute approximate surface area is 117 Å². The normalized spacial score (nSPS) is 10.8. The number of aromatic hydroxyl groups is 1. The van der Waals surface area contributed by atoms with E-state index in [-0.39, 0.29) is 16.7 Å². The van der Waals surface area contributed by atoms with Crippen LogP contribution in [0.25, 0.3) is 16.7 Å². The number of phenols is 1. The first-order valence-corrected chi connectivity index (χ1v) is 6.09. The Hall–Kier alpha value is -2.53. The first-order chi connectivity index (χ1) is 9.56. The number of hydrogen-bond donors (Lipinski definition) is 1. The van der Waals surface area contributed by atoms with Crippen molar-refractivity contribution in [1.29, 1.82) is 0 Å². The maximum atomic E-state index is 12.3. The second kappa shape index (κ2) is 4.54. The smallest absolute Gasteiger partial charge is 0.426 e. The predicted molar refractivity (Wildman–Crippen MR) is 74.8 cm³/mol. The topological polar surface area (TPSA) is 72.4 Å².